The second-order valence-corrected chi connectivity index (χ2v) is 5.50. The Balaban J connectivity index is 2.26. The van der Waals surface area contributed by atoms with Gasteiger partial charge in [0.15, 0.2) is 0 Å². The van der Waals surface area contributed by atoms with Crippen LogP contribution >= 0.6 is 0 Å². The van der Waals surface area contributed by atoms with Crippen LogP contribution in [0.2, 0.25) is 0 Å². The summed E-state index contributed by atoms with van der Waals surface area (Å²) < 4.78 is 19.1. The van der Waals surface area contributed by atoms with Crippen molar-refractivity contribution < 1.29 is 9.13 Å². The van der Waals surface area contributed by atoms with Gasteiger partial charge in [-0.05, 0) is 36.5 Å². The summed E-state index contributed by atoms with van der Waals surface area (Å²) in [5.74, 6) is 0.372. The van der Waals surface area contributed by atoms with Crippen molar-refractivity contribution in [2.75, 3.05) is 7.11 Å². The van der Waals surface area contributed by atoms with Crippen LogP contribution in [0, 0.1) is 11.7 Å². The highest BCUT2D eigenvalue weighted by molar-refractivity contribution is 5.23. The van der Waals surface area contributed by atoms with Crippen molar-refractivity contribution in [3.63, 3.8) is 0 Å². The van der Waals surface area contributed by atoms with E-state index in [9.17, 15) is 4.39 Å². The lowest BCUT2D eigenvalue weighted by Crippen LogP contribution is -2.46. The number of methoxy groups -OCH3 is 1. The lowest BCUT2D eigenvalue weighted by molar-refractivity contribution is -0.0718. The zero-order valence-electron chi connectivity index (χ0n) is 11.2. The number of hydrogen-bond donors (Lipinski definition) is 1. The Hall–Kier alpha value is -0.930. The molecule has 3 unspecified atom stereocenters. The van der Waals surface area contributed by atoms with Gasteiger partial charge >= 0.3 is 0 Å². The summed E-state index contributed by atoms with van der Waals surface area (Å²) in [6, 6.07) is 6.29. The Morgan fingerprint density at radius 1 is 1.50 bits per heavy atom. The van der Waals surface area contributed by atoms with Crippen LogP contribution < -0.4 is 5.73 Å². The molecule has 2 N–H and O–H groups in total. The van der Waals surface area contributed by atoms with E-state index in [1.54, 1.807) is 13.2 Å². The molecule has 2 rings (SSSR count). The molecule has 100 valence electrons. The maximum absolute atomic E-state index is 13.3. The van der Waals surface area contributed by atoms with Gasteiger partial charge in [-0.15, -0.1) is 0 Å². The molecule has 3 atom stereocenters. The van der Waals surface area contributed by atoms with E-state index in [2.05, 4.69) is 6.92 Å². The smallest absolute Gasteiger partial charge is 0.123 e. The number of rotatable bonds is 3. The molecule has 0 heterocycles. The zero-order chi connectivity index (χ0) is 13.2. The molecule has 0 amide bonds. The fourth-order valence-electron chi connectivity index (χ4n) is 3.14. The largest absolute Gasteiger partial charge is 0.376 e. The third kappa shape index (κ3) is 2.57. The highest BCUT2D eigenvalue weighted by atomic mass is 19.1. The molecule has 1 fully saturated rings. The first-order chi connectivity index (χ1) is 8.57. The lowest BCUT2D eigenvalue weighted by Gasteiger charge is -2.43. The summed E-state index contributed by atoms with van der Waals surface area (Å²) in [6.45, 7) is 2.23. The molecule has 0 radical (unpaired) electrons. The van der Waals surface area contributed by atoms with Gasteiger partial charge in [0.25, 0.3) is 0 Å². The highest BCUT2D eigenvalue weighted by Gasteiger charge is 2.41. The summed E-state index contributed by atoms with van der Waals surface area (Å²) in [5.41, 5.74) is 6.84. The molecule has 1 saturated carbocycles. The van der Waals surface area contributed by atoms with E-state index in [1.165, 1.54) is 18.6 Å². The molecule has 1 aromatic rings. The fraction of sp³-hybridized carbons (Fsp3) is 0.600. The second kappa shape index (κ2) is 5.37. The first-order valence-corrected chi connectivity index (χ1v) is 6.63. The van der Waals surface area contributed by atoms with Gasteiger partial charge in [-0.2, -0.15) is 0 Å². The molecular weight excluding hydrogens is 229 g/mol. The quantitative estimate of drug-likeness (QED) is 0.893. The summed E-state index contributed by atoms with van der Waals surface area (Å²) in [7, 11) is 1.72. The summed E-state index contributed by atoms with van der Waals surface area (Å²) in [5, 5.41) is 0. The van der Waals surface area contributed by atoms with Crippen molar-refractivity contribution in [2.24, 2.45) is 11.7 Å². The number of nitrogens with two attached hydrogens (primary N) is 1. The van der Waals surface area contributed by atoms with Crippen LogP contribution in [0.1, 0.15) is 44.2 Å². The van der Waals surface area contributed by atoms with Crippen LogP contribution in [-0.2, 0) is 4.74 Å². The van der Waals surface area contributed by atoms with Crippen molar-refractivity contribution >= 4 is 0 Å². The molecule has 1 aliphatic carbocycles. The molecule has 0 saturated heterocycles. The molecule has 3 heteroatoms. The number of ether oxygens (including phenoxy) is 1. The van der Waals surface area contributed by atoms with Crippen molar-refractivity contribution in [1.29, 1.82) is 0 Å². The van der Waals surface area contributed by atoms with Crippen molar-refractivity contribution in [1.82, 2.24) is 0 Å². The van der Waals surface area contributed by atoms with Gasteiger partial charge in [-0.1, -0.05) is 31.9 Å². The van der Waals surface area contributed by atoms with Gasteiger partial charge in [-0.25, -0.2) is 4.39 Å². The monoisotopic (exact) mass is 251 g/mol. The van der Waals surface area contributed by atoms with Crippen molar-refractivity contribution in [2.45, 2.75) is 44.2 Å². The van der Waals surface area contributed by atoms with E-state index in [1.807, 2.05) is 6.07 Å². The van der Waals surface area contributed by atoms with Crippen LogP contribution in [-0.4, -0.2) is 12.7 Å². The van der Waals surface area contributed by atoms with Crippen LogP contribution in [0.15, 0.2) is 24.3 Å². The number of hydrogen-bond acceptors (Lipinski definition) is 2. The predicted molar refractivity (Wildman–Crippen MR) is 70.7 cm³/mol. The van der Waals surface area contributed by atoms with Crippen LogP contribution in [0.3, 0.4) is 0 Å². The summed E-state index contributed by atoms with van der Waals surface area (Å²) in [6.07, 6.45) is 4.24. The fourth-order valence-corrected chi connectivity index (χ4v) is 3.14. The van der Waals surface area contributed by atoms with Crippen LogP contribution in [0.4, 0.5) is 4.39 Å². The minimum atomic E-state index is -0.342. The molecule has 0 spiro atoms. The lowest BCUT2D eigenvalue weighted by atomic mass is 9.73. The Morgan fingerprint density at radius 2 is 2.28 bits per heavy atom. The summed E-state index contributed by atoms with van der Waals surface area (Å²) in [4.78, 5) is 0. The predicted octanol–water partition coefficient (Wildman–Crippen LogP) is 3.42. The average Bonchev–Trinajstić information content (AvgIpc) is 2.37. The SMILES string of the molecule is COC1(C(N)c2cccc(F)c2)CCCC(C)C1. The van der Waals surface area contributed by atoms with E-state index >= 15 is 0 Å². The van der Waals surface area contributed by atoms with Gasteiger partial charge in [0.2, 0.25) is 0 Å². The first-order valence-electron chi connectivity index (χ1n) is 6.63. The van der Waals surface area contributed by atoms with Gasteiger partial charge in [-0.3, -0.25) is 0 Å². The molecule has 0 aliphatic heterocycles. The van der Waals surface area contributed by atoms with Crippen LogP contribution in [0.25, 0.3) is 0 Å². The van der Waals surface area contributed by atoms with E-state index in [0.29, 0.717) is 5.92 Å². The van der Waals surface area contributed by atoms with Gasteiger partial charge < -0.3 is 10.5 Å². The minimum Gasteiger partial charge on any atom is -0.376 e. The molecule has 2 nitrogen and oxygen atoms in total. The average molecular weight is 251 g/mol. The third-order valence-electron chi connectivity index (χ3n) is 4.17. The molecule has 0 aromatic heterocycles. The van der Waals surface area contributed by atoms with E-state index in [4.69, 9.17) is 10.5 Å². The molecule has 18 heavy (non-hydrogen) atoms. The summed E-state index contributed by atoms with van der Waals surface area (Å²) >= 11 is 0. The Bertz CT molecular complexity index is 409. The minimum absolute atomic E-state index is 0.238. The third-order valence-corrected chi connectivity index (χ3v) is 4.17. The maximum Gasteiger partial charge on any atom is 0.123 e. The number of halogens is 1. The number of benzene rings is 1. The highest BCUT2D eigenvalue weighted by Crippen LogP contribution is 2.42. The second-order valence-electron chi connectivity index (χ2n) is 5.50. The molecule has 0 bridgehead atoms. The van der Waals surface area contributed by atoms with E-state index < -0.39 is 0 Å². The van der Waals surface area contributed by atoms with Crippen molar-refractivity contribution in [3.8, 4) is 0 Å². The zero-order valence-corrected chi connectivity index (χ0v) is 11.2. The standard InChI is InChI=1S/C15H22FNO/c1-11-5-4-8-15(10-11,18-2)14(17)12-6-3-7-13(16)9-12/h3,6-7,9,11,14H,4-5,8,10,17H2,1-2H3. The van der Waals surface area contributed by atoms with Gasteiger partial charge in [0.05, 0.1) is 11.6 Å². The normalized spacial score (nSPS) is 30.1. The maximum atomic E-state index is 13.3. The van der Waals surface area contributed by atoms with E-state index in [-0.39, 0.29) is 17.5 Å². The van der Waals surface area contributed by atoms with Gasteiger partial charge in [0, 0.05) is 7.11 Å². The topological polar surface area (TPSA) is 35.2 Å². The van der Waals surface area contributed by atoms with Gasteiger partial charge in [0.1, 0.15) is 5.82 Å². The molecular formula is C15H22FNO. The Labute approximate surface area is 108 Å². The van der Waals surface area contributed by atoms with Crippen LogP contribution in [0.5, 0.6) is 0 Å². The molecule has 1 aliphatic rings. The molecule has 1 aromatic carbocycles. The van der Waals surface area contributed by atoms with E-state index in [0.717, 1.165) is 24.8 Å². The Morgan fingerprint density at radius 3 is 2.89 bits per heavy atom. The first kappa shape index (κ1) is 13.5. The Kier molecular flexibility index (Phi) is 4.03. The van der Waals surface area contributed by atoms with Crippen molar-refractivity contribution in [3.05, 3.63) is 35.6 Å².